The smallest absolute Gasteiger partial charge is 0.326 e. The van der Waals surface area contributed by atoms with Crippen LogP contribution in [0.4, 0.5) is 0 Å². The third kappa shape index (κ3) is 5.28. The predicted molar refractivity (Wildman–Crippen MR) is 69.5 cm³/mol. The molecule has 1 aliphatic heterocycles. The lowest BCUT2D eigenvalue weighted by Gasteiger charge is -2.26. The molecule has 0 bridgehead atoms. The van der Waals surface area contributed by atoms with E-state index in [1.165, 1.54) is 4.90 Å². The Morgan fingerprint density at radius 2 is 2.16 bits per heavy atom. The van der Waals surface area contributed by atoms with E-state index in [0.717, 1.165) is 25.7 Å². The van der Waals surface area contributed by atoms with Crippen LogP contribution in [0, 0.1) is 0 Å². The van der Waals surface area contributed by atoms with Crippen molar-refractivity contribution in [3.05, 3.63) is 0 Å². The fraction of sp³-hybridized carbons (Fsp3) is 0.769. The molecule has 1 rings (SSSR count). The van der Waals surface area contributed by atoms with E-state index in [1.54, 1.807) is 0 Å². The third-order valence-corrected chi connectivity index (χ3v) is 3.24. The summed E-state index contributed by atoms with van der Waals surface area (Å²) in [6.07, 6.45) is 4.30. The molecule has 6 heteroatoms. The maximum Gasteiger partial charge on any atom is 0.326 e. The number of aliphatic carboxylic acids is 1. The molecular weight excluding hydrogens is 248 g/mol. The van der Waals surface area contributed by atoms with Gasteiger partial charge < -0.3 is 15.3 Å². The SMILES string of the molecule is CCCCC(NC(=O)CN1CCCCC1=O)C(=O)O. The number of hydrogen-bond acceptors (Lipinski definition) is 3. The number of nitrogens with one attached hydrogen (secondary N) is 1. The van der Waals surface area contributed by atoms with E-state index in [2.05, 4.69) is 5.32 Å². The zero-order valence-corrected chi connectivity index (χ0v) is 11.4. The summed E-state index contributed by atoms with van der Waals surface area (Å²) in [5.41, 5.74) is 0. The molecule has 0 aromatic heterocycles. The van der Waals surface area contributed by atoms with E-state index < -0.39 is 17.9 Å². The summed E-state index contributed by atoms with van der Waals surface area (Å²) in [4.78, 5) is 35.8. The summed E-state index contributed by atoms with van der Waals surface area (Å²) in [5, 5.41) is 11.5. The maximum atomic E-state index is 11.8. The van der Waals surface area contributed by atoms with Crippen LogP contribution in [0.3, 0.4) is 0 Å². The molecule has 1 heterocycles. The van der Waals surface area contributed by atoms with Crippen LogP contribution in [-0.2, 0) is 14.4 Å². The number of carbonyl (C=O) groups excluding carboxylic acids is 2. The van der Waals surface area contributed by atoms with Gasteiger partial charge in [-0.2, -0.15) is 0 Å². The predicted octanol–water partition coefficient (Wildman–Crippen LogP) is 0.758. The summed E-state index contributed by atoms with van der Waals surface area (Å²) in [7, 11) is 0. The van der Waals surface area contributed by atoms with E-state index in [1.807, 2.05) is 6.92 Å². The van der Waals surface area contributed by atoms with Gasteiger partial charge in [-0.05, 0) is 19.3 Å². The second kappa shape index (κ2) is 7.76. The van der Waals surface area contributed by atoms with Crippen molar-refractivity contribution in [1.29, 1.82) is 0 Å². The van der Waals surface area contributed by atoms with Crippen LogP contribution in [0.5, 0.6) is 0 Å². The van der Waals surface area contributed by atoms with Gasteiger partial charge in [-0.3, -0.25) is 9.59 Å². The van der Waals surface area contributed by atoms with Crippen molar-refractivity contribution in [3.63, 3.8) is 0 Å². The molecule has 108 valence electrons. The molecule has 1 unspecified atom stereocenters. The lowest BCUT2D eigenvalue weighted by molar-refractivity contribution is -0.143. The first-order chi connectivity index (χ1) is 9.04. The van der Waals surface area contributed by atoms with Crippen molar-refractivity contribution in [3.8, 4) is 0 Å². The van der Waals surface area contributed by atoms with Gasteiger partial charge in [0, 0.05) is 13.0 Å². The van der Waals surface area contributed by atoms with E-state index in [9.17, 15) is 14.4 Å². The highest BCUT2D eigenvalue weighted by Gasteiger charge is 2.23. The van der Waals surface area contributed by atoms with Crippen LogP contribution in [-0.4, -0.2) is 46.9 Å². The molecule has 1 aliphatic rings. The molecule has 19 heavy (non-hydrogen) atoms. The number of carbonyl (C=O) groups is 3. The van der Waals surface area contributed by atoms with Gasteiger partial charge in [0.1, 0.15) is 6.04 Å². The summed E-state index contributed by atoms with van der Waals surface area (Å²) < 4.78 is 0. The number of carboxylic acids is 1. The molecule has 1 saturated heterocycles. The van der Waals surface area contributed by atoms with Crippen LogP contribution in [0.1, 0.15) is 45.4 Å². The minimum Gasteiger partial charge on any atom is -0.480 e. The fourth-order valence-corrected chi connectivity index (χ4v) is 2.11. The Kier molecular flexibility index (Phi) is 6.32. The topological polar surface area (TPSA) is 86.7 Å². The molecule has 1 fully saturated rings. The second-order valence-electron chi connectivity index (χ2n) is 4.87. The highest BCUT2D eigenvalue weighted by molar-refractivity contribution is 5.88. The summed E-state index contributed by atoms with van der Waals surface area (Å²) in [5.74, 6) is -1.44. The molecule has 2 amide bonds. The summed E-state index contributed by atoms with van der Waals surface area (Å²) in [6.45, 7) is 2.51. The molecule has 0 saturated carbocycles. The van der Waals surface area contributed by atoms with Gasteiger partial charge >= 0.3 is 5.97 Å². The monoisotopic (exact) mass is 270 g/mol. The summed E-state index contributed by atoms with van der Waals surface area (Å²) in [6, 6.07) is -0.854. The molecular formula is C13H22N2O4. The Bertz CT molecular complexity index is 344. The van der Waals surface area contributed by atoms with Crippen molar-refractivity contribution in [2.45, 2.75) is 51.5 Å². The highest BCUT2D eigenvalue weighted by Crippen LogP contribution is 2.10. The lowest BCUT2D eigenvalue weighted by atomic mass is 10.1. The normalized spacial score (nSPS) is 17.1. The van der Waals surface area contributed by atoms with Gasteiger partial charge in [-0.15, -0.1) is 0 Å². The summed E-state index contributed by atoms with van der Waals surface area (Å²) >= 11 is 0. The van der Waals surface area contributed by atoms with E-state index in [0.29, 0.717) is 19.4 Å². The number of rotatable bonds is 7. The molecule has 0 aliphatic carbocycles. The van der Waals surface area contributed by atoms with Gasteiger partial charge in [0.15, 0.2) is 0 Å². The largest absolute Gasteiger partial charge is 0.480 e. The number of piperidine rings is 1. The Morgan fingerprint density at radius 3 is 2.74 bits per heavy atom. The highest BCUT2D eigenvalue weighted by atomic mass is 16.4. The van der Waals surface area contributed by atoms with E-state index in [4.69, 9.17) is 5.11 Å². The zero-order valence-electron chi connectivity index (χ0n) is 11.4. The first-order valence-electron chi connectivity index (χ1n) is 6.84. The molecule has 2 N–H and O–H groups in total. The Labute approximate surface area is 113 Å². The molecule has 1 atom stereocenters. The molecule has 0 radical (unpaired) electrons. The first-order valence-corrected chi connectivity index (χ1v) is 6.84. The fourth-order valence-electron chi connectivity index (χ4n) is 2.11. The Balaban J connectivity index is 2.43. The van der Waals surface area contributed by atoms with Gasteiger partial charge in [0.25, 0.3) is 0 Å². The van der Waals surface area contributed by atoms with E-state index in [-0.39, 0.29) is 12.5 Å². The number of hydrogen-bond donors (Lipinski definition) is 2. The number of carboxylic acid groups (broad SMARTS) is 1. The molecule has 0 aromatic carbocycles. The Morgan fingerprint density at radius 1 is 1.42 bits per heavy atom. The number of unbranched alkanes of at least 4 members (excludes halogenated alkanes) is 1. The maximum absolute atomic E-state index is 11.8. The number of amides is 2. The van der Waals surface area contributed by atoms with Crippen LogP contribution >= 0.6 is 0 Å². The third-order valence-electron chi connectivity index (χ3n) is 3.24. The minimum atomic E-state index is -1.02. The van der Waals surface area contributed by atoms with Gasteiger partial charge in [-0.1, -0.05) is 19.8 Å². The lowest BCUT2D eigenvalue weighted by Crippen LogP contribution is -2.48. The van der Waals surface area contributed by atoms with Crippen LogP contribution in [0.15, 0.2) is 0 Å². The number of likely N-dealkylation sites (tertiary alicyclic amines) is 1. The van der Waals surface area contributed by atoms with Crippen molar-refractivity contribution in [2.24, 2.45) is 0 Å². The molecule has 0 spiro atoms. The second-order valence-corrected chi connectivity index (χ2v) is 4.87. The Hall–Kier alpha value is -1.59. The van der Waals surface area contributed by atoms with Crippen molar-refractivity contribution < 1.29 is 19.5 Å². The molecule has 0 aromatic rings. The van der Waals surface area contributed by atoms with Gasteiger partial charge in [-0.25, -0.2) is 4.79 Å². The quantitative estimate of drug-likeness (QED) is 0.715. The average Bonchev–Trinajstić information content (AvgIpc) is 2.37. The molecule has 6 nitrogen and oxygen atoms in total. The minimum absolute atomic E-state index is 0.0261. The average molecular weight is 270 g/mol. The van der Waals surface area contributed by atoms with E-state index >= 15 is 0 Å². The first kappa shape index (κ1) is 15.5. The number of nitrogens with zero attached hydrogens (tertiary/aromatic N) is 1. The zero-order chi connectivity index (χ0) is 14.3. The standard InChI is InChI=1S/C13H22N2O4/c1-2-3-6-10(13(18)19)14-11(16)9-15-8-5-4-7-12(15)17/h10H,2-9H2,1H3,(H,14,16)(H,18,19). The van der Waals surface area contributed by atoms with Crippen molar-refractivity contribution in [2.75, 3.05) is 13.1 Å². The van der Waals surface area contributed by atoms with Gasteiger partial charge in [0.2, 0.25) is 11.8 Å². The van der Waals surface area contributed by atoms with Crippen molar-refractivity contribution >= 4 is 17.8 Å². The van der Waals surface area contributed by atoms with Crippen molar-refractivity contribution in [1.82, 2.24) is 10.2 Å². The van der Waals surface area contributed by atoms with Crippen LogP contribution in [0.2, 0.25) is 0 Å². The van der Waals surface area contributed by atoms with Crippen LogP contribution < -0.4 is 5.32 Å². The van der Waals surface area contributed by atoms with Crippen LogP contribution in [0.25, 0.3) is 0 Å². The van der Waals surface area contributed by atoms with Gasteiger partial charge in [0.05, 0.1) is 6.54 Å².